The van der Waals surface area contributed by atoms with Gasteiger partial charge in [0, 0.05) is 6.54 Å². The van der Waals surface area contributed by atoms with Crippen molar-refractivity contribution in [2.24, 2.45) is 5.73 Å². The number of aliphatic hydroxyl groups is 1. The number of nitrogens with two attached hydrogens (primary N) is 1. The first-order chi connectivity index (χ1) is 7.77. The second-order valence-electron chi connectivity index (χ2n) is 2.60. The van der Waals surface area contributed by atoms with Crippen molar-refractivity contribution in [3.8, 4) is 0 Å². The molecule has 0 fully saturated rings. The predicted molar refractivity (Wildman–Crippen MR) is 56.5 cm³/mol. The Bertz CT molecular complexity index is 517. The molecular formula is C8H14N6O2. The van der Waals surface area contributed by atoms with E-state index in [4.69, 9.17) is 10.8 Å². The molecule has 2 heterocycles. The molecule has 0 aliphatic rings. The Morgan fingerprint density at radius 2 is 2.19 bits per heavy atom. The van der Waals surface area contributed by atoms with Crippen LogP contribution in [0.3, 0.4) is 0 Å². The van der Waals surface area contributed by atoms with E-state index in [0.29, 0.717) is 11.3 Å². The number of aromatic nitrogens is 5. The van der Waals surface area contributed by atoms with Crippen molar-refractivity contribution in [3.05, 3.63) is 22.5 Å². The molecule has 8 nitrogen and oxygen atoms in total. The van der Waals surface area contributed by atoms with Gasteiger partial charge in [0.2, 0.25) is 0 Å². The van der Waals surface area contributed by atoms with Gasteiger partial charge in [0.15, 0.2) is 5.65 Å². The van der Waals surface area contributed by atoms with Crippen LogP contribution < -0.4 is 11.4 Å². The van der Waals surface area contributed by atoms with Gasteiger partial charge >= 0.3 is 5.69 Å². The third kappa shape index (κ3) is 1.92. The number of aliphatic hydroxyl groups excluding tert-OH is 1. The molecule has 0 aliphatic carbocycles. The minimum absolute atomic E-state index is 0.188. The fourth-order valence-electron chi connectivity index (χ4n) is 1.12. The molecule has 2 aromatic rings. The lowest BCUT2D eigenvalue weighted by Crippen LogP contribution is -2.29. The third-order valence-corrected chi connectivity index (χ3v) is 1.82. The second-order valence-corrected chi connectivity index (χ2v) is 2.60. The minimum Gasteiger partial charge on any atom is -0.374 e. The van der Waals surface area contributed by atoms with E-state index >= 15 is 0 Å². The van der Waals surface area contributed by atoms with Gasteiger partial charge in [0.1, 0.15) is 18.8 Å². The molecule has 0 atom stereocenters. The van der Waals surface area contributed by atoms with Crippen molar-refractivity contribution in [2.45, 2.75) is 27.1 Å². The first-order valence-electron chi connectivity index (χ1n) is 4.88. The summed E-state index contributed by atoms with van der Waals surface area (Å²) in [5, 5.41) is 16.0. The molecule has 0 amide bonds. The highest BCUT2D eigenvalue weighted by Gasteiger charge is 2.08. The zero-order chi connectivity index (χ0) is 12.1. The summed E-state index contributed by atoms with van der Waals surface area (Å²) in [7, 11) is 0. The average Bonchev–Trinajstić information content (AvgIpc) is 2.76. The predicted octanol–water partition coefficient (Wildman–Crippen LogP) is -1.28. The maximum Gasteiger partial charge on any atom is 0.355 e. The normalized spacial score (nSPS) is 10.0. The van der Waals surface area contributed by atoms with Crippen LogP contribution in [0.5, 0.6) is 0 Å². The summed E-state index contributed by atoms with van der Waals surface area (Å²) >= 11 is 0. The number of hydrogen-bond acceptors (Lipinski definition) is 6. The molecule has 0 unspecified atom stereocenters. The molecule has 0 bridgehead atoms. The van der Waals surface area contributed by atoms with E-state index in [0.717, 1.165) is 4.68 Å². The van der Waals surface area contributed by atoms with Crippen molar-refractivity contribution in [1.82, 2.24) is 24.4 Å². The molecule has 0 saturated carbocycles. The smallest absolute Gasteiger partial charge is 0.355 e. The van der Waals surface area contributed by atoms with Gasteiger partial charge in [-0.25, -0.2) is 14.2 Å². The SMILES string of the molecule is CC.NCc1ncn2c(=O)n(CO)nnc12. The Hall–Kier alpha value is -1.80. The van der Waals surface area contributed by atoms with Gasteiger partial charge in [-0.15, -0.1) is 5.10 Å². The van der Waals surface area contributed by atoms with Crippen molar-refractivity contribution in [3.63, 3.8) is 0 Å². The number of imidazole rings is 1. The Labute approximate surface area is 91.3 Å². The van der Waals surface area contributed by atoms with Gasteiger partial charge in [-0.2, -0.15) is 4.68 Å². The first kappa shape index (κ1) is 12.3. The fraction of sp³-hybridized carbons (Fsp3) is 0.500. The van der Waals surface area contributed by atoms with Gasteiger partial charge in [0.25, 0.3) is 0 Å². The molecule has 16 heavy (non-hydrogen) atoms. The minimum atomic E-state index is -0.516. The van der Waals surface area contributed by atoms with E-state index in [1.165, 1.54) is 10.7 Å². The van der Waals surface area contributed by atoms with Crippen LogP contribution in [0.4, 0.5) is 0 Å². The summed E-state index contributed by atoms with van der Waals surface area (Å²) in [6, 6.07) is 0. The van der Waals surface area contributed by atoms with Crippen LogP contribution in [0.2, 0.25) is 0 Å². The fourth-order valence-corrected chi connectivity index (χ4v) is 1.12. The average molecular weight is 226 g/mol. The quantitative estimate of drug-likeness (QED) is 0.659. The van der Waals surface area contributed by atoms with Gasteiger partial charge in [-0.05, 0) is 0 Å². The molecule has 2 rings (SSSR count). The van der Waals surface area contributed by atoms with E-state index < -0.39 is 12.4 Å². The summed E-state index contributed by atoms with van der Waals surface area (Å²) in [4.78, 5) is 15.4. The molecular weight excluding hydrogens is 212 g/mol. The van der Waals surface area contributed by atoms with E-state index in [2.05, 4.69) is 15.3 Å². The number of nitrogens with zero attached hydrogens (tertiary/aromatic N) is 5. The number of hydrogen-bond donors (Lipinski definition) is 2. The van der Waals surface area contributed by atoms with E-state index in [-0.39, 0.29) is 6.54 Å². The Balaban J connectivity index is 0.000000606. The van der Waals surface area contributed by atoms with Gasteiger partial charge < -0.3 is 10.8 Å². The molecule has 88 valence electrons. The van der Waals surface area contributed by atoms with Crippen LogP contribution >= 0.6 is 0 Å². The van der Waals surface area contributed by atoms with Crippen LogP contribution in [-0.2, 0) is 13.3 Å². The highest BCUT2D eigenvalue weighted by molar-refractivity contribution is 5.41. The van der Waals surface area contributed by atoms with Crippen LogP contribution in [0.25, 0.3) is 5.65 Å². The summed E-state index contributed by atoms with van der Waals surface area (Å²) < 4.78 is 2.00. The Kier molecular flexibility index (Phi) is 4.09. The standard InChI is InChI=1S/C6H8N6O2.C2H6/c7-1-4-5-9-10-12(3-13)6(14)11(5)2-8-4;1-2/h2,13H,1,3,7H2;1-2H3. The molecule has 3 N–H and O–H groups in total. The number of fused-ring (bicyclic) bond motifs is 1. The van der Waals surface area contributed by atoms with Crippen molar-refractivity contribution in [2.75, 3.05) is 0 Å². The molecule has 0 saturated heterocycles. The molecule has 0 aliphatic heterocycles. The van der Waals surface area contributed by atoms with Crippen LogP contribution in [0, 0.1) is 0 Å². The third-order valence-electron chi connectivity index (χ3n) is 1.82. The van der Waals surface area contributed by atoms with Crippen LogP contribution in [-0.4, -0.2) is 29.5 Å². The lowest BCUT2D eigenvalue weighted by atomic mass is 10.5. The van der Waals surface area contributed by atoms with Crippen molar-refractivity contribution < 1.29 is 5.11 Å². The lowest BCUT2D eigenvalue weighted by molar-refractivity contribution is 0.181. The maximum absolute atomic E-state index is 11.5. The Morgan fingerprint density at radius 1 is 1.50 bits per heavy atom. The molecule has 2 aromatic heterocycles. The van der Waals surface area contributed by atoms with Crippen molar-refractivity contribution >= 4 is 5.65 Å². The summed E-state index contributed by atoms with van der Waals surface area (Å²) in [5.41, 5.74) is 5.70. The second kappa shape index (κ2) is 5.33. The van der Waals surface area contributed by atoms with Gasteiger partial charge in [-0.1, -0.05) is 19.1 Å². The number of rotatable bonds is 2. The topological polar surface area (TPSA) is 111 Å². The molecule has 8 heteroatoms. The molecule has 0 aromatic carbocycles. The molecule has 0 radical (unpaired) electrons. The summed E-state index contributed by atoms with van der Waals surface area (Å²) in [5.74, 6) is 0. The summed E-state index contributed by atoms with van der Waals surface area (Å²) in [6.07, 6.45) is 1.31. The maximum atomic E-state index is 11.5. The lowest BCUT2D eigenvalue weighted by Gasteiger charge is -1.98. The van der Waals surface area contributed by atoms with Gasteiger partial charge in [0.05, 0.1) is 0 Å². The van der Waals surface area contributed by atoms with E-state index in [9.17, 15) is 4.79 Å². The zero-order valence-electron chi connectivity index (χ0n) is 9.16. The first-order valence-corrected chi connectivity index (χ1v) is 4.88. The largest absolute Gasteiger partial charge is 0.374 e. The van der Waals surface area contributed by atoms with E-state index in [1.54, 1.807) is 0 Å². The Morgan fingerprint density at radius 3 is 2.75 bits per heavy atom. The van der Waals surface area contributed by atoms with Crippen LogP contribution in [0.15, 0.2) is 11.1 Å². The summed E-state index contributed by atoms with van der Waals surface area (Å²) in [6.45, 7) is 3.67. The van der Waals surface area contributed by atoms with Crippen LogP contribution in [0.1, 0.15) is 19.5 Å². The zero-order valence-corrected chi connectivity index (χ0v) is 9.16. The monoisotopic (exact) mass is 226 g/mol. The van der Waals surface area contributed by atoms with E-state index in [1.807, 2.05) is 13.8 Å². The van der Waals surface area contributed by atoms with Crippen molar-refractivity contribution in [1.29, 1.82) is 0 Å². The van der Waals surface area contributed by atoms with Gasteiger partial charge in [-0.3, -0.25) is 0 Å². The highest BCUT2D eigenvalue weighted by Crippen LogP contribution is 1.99. The highest BCUT2D eigenvalue weighted by atomic mass is 16.3. The molecule has 0 spiro atoms.